The molecule has 80 valence electrons. The average molecular weight is 192 g/mol. The Kier molecular flexibility index (Phi) is 3.24. The fraction of sp³-hybridized carbons (Fsp3) is 1.00. The predicted molar refractivity (Wildman–Crippen MR) is 65.2 cm³/mol. The Morgan fingerprint density at radius 2 is 1.36 bits per heavy atom. The van der Waals surface area contributed by atoms with Gasteiger partial charge in [0.1, 0.15) is 6.71 Å². The third-order valence-corrected chi connectivity index (χ3v) is 5.06. The summed E-state index contributed by atoms with van der Waals surface area (Å²) < 4.78 is 0. The van der Waals surface area contributed by atoms with Crippen LogP contribution in [0.3, 0.4) is 0 Å². The highest BCUT2D eigenvalue weighted by Gasteiger charge is 2.43. The van der Waals surface area contributed by atoms with Crippen LogP contribution in [0, 0.1) is 5.92 Å². The maximum Gasteiger partial charge on any atom is 0.149 e. The smallest absolute Gasteiger partial charge is 0.0688 e. The second-order valence-corrected chi connectivity index (χ2v) is 6.06. The van der Waals surface area contributed by atoms with E-state index in [-0.39, 0.29) is 0 Å². The second kappa shape index (κ2) is 4.29. The van der Waals surface area contributed by atoms with E-state index in [9.17, 15) is 0 Å². The summed E-state index contributed by atoms with van der Waals surface area (Å²) in [6.45, 7) is 8.41. The van der Waals surface area contributed by atoms with Crippen molar-refractivity contribution in [2.75, 3.05) is 0 Å². The normalized spacial score (nSPS) is 34.7. The van der Waals surface area contributed by atoms with Crippen LogP contribution in [-0.4, -0.2) is 6.71 Å². The Morgan fingerprint density at radius 3 is 1.79 bits per heavy atom. The molecule has 1 heteroatoms. The molecule has 0 saturated carbocycles. The van der Waals surface area contributed by atoms with Gasteiger partial charge < -0.3 is 0 Å². The first-order valence-corrected chi connectivity index (χ1v) is 6.70. The van der Waals surface area contributed by atoms with Gasteiger partial charge in [-0.15, -0.1) is 0 Å². The standard InChI is InChI=1S/C13H25B/c1-10(2)11(3)14-12-6-4-5-7-13(14)9-8-12/h10-13H,4-9H2,1-3H3/t11-,12-,13+/m0/s1. The lowest BCUT2D eigenvalue weighted by Gasteiger charge is -2.28. The summed E-state index contributed by atoms with van der Waals surface area (Å²) in [7, 11) is 0. The van der Waals surface area contributed by atoms with E-state index in [1.54, 1.807) is 12.8 Å². The number of fused-ring (bicyclic) bond motifs is 2. The molecule has 2 bridgehead atoms. The monoisotopic (exact) mass is 192 g/mol. The van der Waals surface area contributed by atoms with Crippen molar-refractivity contribution in [1.29, 1.82) is 0 Å². The van der Waals surface area contributed by atoms with Gasteiger partial charge >= 0.3 is 0 Å². The Balaban J connectivity index is 2.08. The van der Waals surface area contributed by atoms with Crippen molar-refractivity contribution < 1.29 is 0 Å². The molecule has 3 atom stereocenters. The van der Waals surface area contributed by atoms with Crippen molar-refractivity contribution >= 4 is 6.71 Å². The molecule has 2 rings (SSSR count). The lowest BCUT2D eigenvalue weighted by molar-refractivity contribution is 0.548. The van der Waals surface area contributed by atoms with Gasteiger partial charge in [0.15, 0.2) is 0 Å². The first kappa shape index (κ1) is 10.6. The zero-order chi connectivity index (χ0) is 10.1. The molecule has 0 aliphatic carbocycles. The first-order valence-electron chi connectivity index (χ1n) is 6.70. The van der Waals surface area contributed by atoms with Gasteiger partial charge in [-0.05, 0) is 0 Å². The Labute approximate surface area is 89.9 Å². The molecular weight excluding hydrogens is 167 g/mol. The molecule has 0 aromatic heterocycles. The summed E-state index contributed by atoms with van der Waals surface area (Å²) >= 11 is 0. The molecule has 0 radical (unpaired) electrons. The fourth-order valence-electron chi connectivity index (χ4n) is 3.99. The predicted octanol–water partition coefficient (Wildman–Crippen LogP) is 4.64. The molecule has 14 heavy (non-hydrogen) atoms. The van der Waals surface area contributed by atoms with Gasteiger partial charge in [-0.3, -0.25) is 0 Å². The van der Waals surface area contributed by atoms with E-state index in [1.165, 1.54) is 25.7 Å². The topological polar surface area (TPSA) is 0 Å². The Bertz CT molecular complexity index is 171. The van der Waals surface area contributed by atoms with Gasteiger partial charge in [-0.1, -0.05) is 82.7 Å². The zero-order valence-corrected chi connectivity index (χ0v) is 10.1. The lowest BCUT2D eigenvalue weighted by Crippen LogP contribution is -2.27. The highest BCUT2D eigenvalue weighted by atomic mass is 14.3. The molecule has 0 spiro atoms. The molecular formula is C13H25B. The maximum atomic E-state index is 2.51. The SMILES string of the molecule is CC(C)[C@H](C)B1[C@@H]2CCCC[C@H]1CC2. The minimum absolute atomic E-state index is 0.890. The minimum Gasteiger partial charge on any atom is -0.0688 e. The number of hydrogen-bond acceptors (Lipinski definition) is 0. The zero-order valence-electron chi connectivity index (χ0n) is 10.1. The highest BCUT2D eigenvalue weighted by molar-refractivity contribution is 6.64. The van der Waals surface area contributed by atoms with Gasteiger partial charge in [0, 0.05) is 0 Å². The van der Waals surface area contributed by atoms with E-state index in [4.69, 9.17) is 0 Å². The van der Waals surface area contributed by atoms with Gasteiger partial charge in [0.05, 0.1) is 0 Å². The second-order valence-electron chi connectivity index (χ2n) is 6.06. The molecule has 0 aromatic rings. The van der Waals surface area contributed by atoms with Crippen LogP contribution in [0.25, 0.3) is 0 Å². The Morgan fingerprint density at radius 1 is 0.857 bits per heavy atom. The van der Waals surface area contributed by atoms with Gasteiger partial charge in [0.2, 0.25) is 0 Å². The molecule has 2 saturated heterocycles. The lowest BCUT2D eigenvalue weighted by atomic mass is 9.29. The minimum atomic E-state index is 0.890. The fourth-order valence-corrected chi connectivity index (χ4v) is 3.99. The summed E-state index contributed by atoms with van der Waals surface area (Å²) in [4.78, 5) is 0. The van der Waals surface area contributed by atoms with Crippen molar-refractivity contribution in [3.05, 3.63) is 0 Å². The average Bonchev–Trinajstić information content (AvgIpc) is 2.38. The molecule has 0 nitrogen and oxygen atoms in total. The van der Waals surface area contributed by atoms with Crippen LogP contribution < -0.4 is 0 Å². The van der Waals surface area contributed by atoms with Crippen molar-refractivity contribution in [3.63, 3.8) is 0 Å². The number of rotatable bonds is 2. The van der Waals surface area contributed by atoms with Crippen LogP contribution in [-0.2, 0) is 0 Å². The van der Waals surface area contributed by atoms with E-state index in [0.717, 1.165) is 30.1 Å². The largest absolute Gasteiger partial charge is 0.149 e. The highest BCUT2D eigenvalue weighted by Crippen LogP contribution is 2.52. The first-order chi connectivity index (χ1) is 6.70. The van der Waals surface area contributed by atoms with Crippen molar-refractivity contribution in [2.24, 2.45) is 5.92 Å². The summed E-state index contributed by atoms with van der Waals surface area (Å²) in [6, 6.07) is 0. The molecule has 0 N–H and O–H groups in total. The van der Waals surface area contributed by atoms with Gasteiger partial charge in [-0.2, -0.15) is 0 Å². The van der Waals surface area contributed by atoms with E-state index >= 15 is 0 Å². The molecule has 0 amide bonds. The molecule has 2 aliphatic heterocycles. The van der Waals surface area contributed by atoms with E-state index in [2.05, 4.69) is 20.8 Å². The molecule has 2 aliphatic rings. The summed E-state index contributed by atoms with van der Waals surface area (Å²) in [5, 5.41) is 0. The third kappa shape index (κ3) is 1.88. The van der Waals surface area contributed by atoms with Crippen LogP contribution in [0.5, 0.6) is 0 Å². The van der Waals surface area contributed by atoms with Crippen LogP contribution in [0.2, 0.25) is 17.5 Å². The molecule has 2 heterocycles. The van der Waals surface area contributed by atoms with Crippen LogP contribution in [0.15, 0.2) is 0 Å². The van der Waals surface area contributed by atoms with Crippen LogP contribution in [0.4, 0.5) is 0 Å². The number of hydrogen-bond donors (Lipinski definition) is 0. The van der Waals surface area contributed by atoms with Gasteiger partial charge in [-0.25, -0.2) is 0 Å². The summed E-state index contributed by atoms with van der Waals surface area (Å²) in [5.41, 5.74) is 0. The Hall–Kier alpha value is 0.0649. The van der Waals surface area contributed by atoms with Crippen molar-refractivity contribution in [3.8, 4) is 0 Å². The molecule has 0 unspecified atom stereocenters. The summed E-state index contributed by atoms with van der Waals surface area (Å²) in [6.07, 6.45) is 9.21. The van der Waals surface area contributed by atoms with Crippen molar-refractivity contribution in [1.82, 2.24) is 0 Å². The molecule has 0 aromatic carbocycles. The maximum absolute atomic E-state index is 2.51. The van der Waals surface area contributed by atoms with Gasteiger partial charge in [0.25, 0.3) is 0 Å². The molecule has 2 fully saturated rings. The van der Waals surface area contributed by atoms with Crippen LogP contribution >= 0.6 is 0 Å². The van der Waals surface area contributed by atoms with E-state index in [1.807, 2.05) is 0 Å². The van der Waals surface area contributed by atoms with E-state index < -0.39 is 0 Å². The van der Waals surface area contributed by atoms with Crippen LogP contribution in [0.1, 0.15) is 59.3 Å². The van der Waals surface area contributed by atoms with Crippen molar-refractivity contribution in [2.45, 2.75) is 76.7 Å². The third-order valence-electron chi connectivity index (χ3n) is 5.06. The summed E-state index contributed by atoms with van der Waals surface area (Å²) in [5.74, 6) is 4.05. The quantitative estimate of drug-likeness (QED) is 0.559. The van der Waals surface area contributed by atoms with E-state index in [0.29, 0.717) is 0 Å².